The number of hydrogen-bond acceptors (Lipinski definition) is 5. The van der Waals surface area contributed by atoms with E-state index in [2.05, 4.69) is 10.6 Å². The predicted octanol–water partition coefficient (Wildman–Crippen LogP) is 4.57. The third-order valence-corrected chi connectivity index (χ3v) is 4.29. The van der Waals surface area contributed by atoms with Gasteiger partial charge in [0.05, 0.1) is 17.6 Å². The average Bonchev–Trinajstić information content (AvgIpc) is 3.40. The van der Waals surface area contributed by atoms with Crippen LogP contribution in [-0.2, 0) is 4.79 Å². The zero-order valence-electron chi connectivity index (χ0n) is 15.0. The van der Waals surface area contributed by atoms with Crippen molar-refractivity contribution in [3.05, 3.63) is 77.2 Å². The monoisotopic (exact) mass is 410 g/mol. The maximum atomic E-state index is 12.4. The van der Waals surface area contributed by atoms with Crippen molar-refractivity contribution in [3.63, 3.8) is 0 Å². The molecule has 1 aromatic heterocycles. The second kappa shape index (κ2) is 8.12. The maximum Gasteiger partial charge on any atom is 0.291 e. The number of halogens is 1. The lowest BCUT2D eigenvalue weighted by Crippen LogP contribution is -2.15. The highest BCUT2D eigenvalue weighted by Gasteiger charge is 2.14. The van der Waals surface area contributed by atoms with E-state index in [1.54, 1.807) is 42.5 Å². The summed E-state index contributed by atoms with van der Waals surface area (Å²) < 4.78 is 15.7. The zero-order chi connectivity index (χ0) is 20.2. The highest BCUT2D eigenvalue weighted by Crippen LogP contribution is 2.33. The molecule has 0 bridgehead atoms. The number of carbonyl (C=O) groups excluding carboxylic acids is 2. The number of amides is 2. The van der Waals surface area contributed by atoms with Crippen molar-refractivity contribution >= 4 is 40.9 Å². The number of fused-ring (bicyclic) bond motifs is 1. The minimum Gasteiger partial charge on any atom is -0.459 e. The van der Waals surface area contributed by atoms with E-state index in [1.807, 2.05) is 6.07 Å². The molecular weight excluding hydrogens is 396 g/mol. The minimum absolute atomic E-state index is 0.143. The van der Waals surface area contributed by atoms with Crippen molar-refractivity contribution in [2.24, 2.45) is 0 Å². The van der Waals surface area contributed by atoms with Gasteiger partial charge in [-0.3, -0.25) is 9.59 Å². The summed E-state index contributed by atoms with van der Waals surface area (Å²) in [6.45, 7) is 0.187. The first-order valence-corrected chi connectivity index (χ1v) is 8.99. The minimum atomic E-state index is -0.455. The van der Waals surface area contributed by atoms with Gasteiger partial charge < -0.3 is 24.5 Å². The molecule has 2 N–H and O–H groups in total. The summed E-state index contributed by atoms with van der Waals surface area (Å²) in [6, 6.07) is 13.3. The van der Waals surface area contributed by atoms with Crippen molar-refractivity contribution in [1.29, 1.82) is 0 Å². The van der Waals surface area contributed by atoms with Crippen LogP contribution in [-0.4, -0.2) is 18.6 Å². The number of nitrogens with one attached hydrogen (secondary N) is 2. The third kappa shape index (κ3) is 4.41. The summed E-state index contributed by atoms with van der Waals surface area (Å²) in [5, 5.41) is 5.81. The Morgan fingerprint density at radius 2 is 1.83 bits per heavy atom. The predicted molar refractivity (Wildman–Crippen MR) is 108 cm³/mol. The summed E-state index contributed by atoms with van der Waals surface area (Å²) in [5.41, 5.74) is 1.53. The Morgan fingerprint density at radius 1 is 0.966 bits per heavy atom. The maximum absolute atomic E-state index is 12.4. The first kappa shape index (κ1) is 18.6. The topological polar surface area (TPSA) is 89.8 Å². The first-order valence-electron chi connectivity index (χ1n) is 8.61. The van der Waals surface area contributed by atoms with E-state index < -0.39 is 5.91 Å². The van der Waals surface area contributed by atoms with Gasteiger partial charge >= 0.3 is 0 Å². The number of rotatable bonds is 5. The van der Waals surface area contributed by atoms with E-state index in [9.17, 15) is 9.59 Å². The lowest BCUT2D eigenvalue weighted by Gasteiger charge is -2.11. The quantitative estimate of drug-likeness (QED) is 0.601. The van der Waals surface area contributed by atoms with Crippen molar-refractivity contribution in [1.82, 2.24) is 0 Å². The normalized spacial score (nSPS) is 12.2. The van der Waals surface area contributed by atoms with E-state index in [4.69, 9.17) is 25.5 Å². The Morgan fingerprint density at radius 3 is 2.66 bits per heavy atom. The number of hydrogen-bond donors (Lipinski definition) is 2. The fourth-order valence-corrected chi connectivity index (χ4v) is 2.86. The average molecular weight is 411 g/mol. The Hall–Kier alpha value is -3.71. The molecule has 146 valence electrons. The Balaban J connectivity index is 1.47. The van der Waals surface area contributed by atoms with Gasteiger partial charge in [0.15, 0.2) is 17.3 Å². The van der Waals surface area contributed by atoms with Gasteiger partial charge in [-0.15, -0.1) is 0 Å². The van der Waals surface area contributed by atoms with Crippen LogP contribution >= 0.6 is 11.6 Å². The fraction of sp³-hybridized carbons (Fsp3) is 0.0476. The number of carbonyl (C=O) groups is 2. The molecule has 0 fully saturated rings. The molecule has 0 atom stereocenters. The molecule has 0 aliphatic carbocycles. The molecule has 8 heteroatoms. The van der Waals surface area contributed by atoms with Gasteiger partial charge in [0.25, 0.3) is 5.91 Å². The number of benzene rings is 2. The fourth-order valence-electron chi connectivity index (χ4n) is 2.68. The van der Waals surface area contributed by atoms with Gasteiger partial charge in [0, 0.05) is 11.1 Å². The summed E-state index contributed by atoms with van der Waals surface area (Å²) >= 11 is 6.03. The first-order chi connectivity index (χ1) is 14.1. The van der Waals surface area contributed by atoms with Gasteiger partial charge in [-0.25, -0.2) is 0 Å². The number of anilines is 2. The van der Waals surface area contributed by atoms with Gasteiger partial charge in [-0.05, 0) is 54.1 Å². The lowest BCUT2D eigenvalue weighted by atomic mass is 10.2. The highest BCUT2D eigenvalue weighted by atomic mass is 35.5. The van der Waals surface area contributed by atoms with Crippen molar-refractivity contribution in [2.75, 3.05) is 17.4 Å². The summed E-state index contributed by atoms with van der Waals surface area (Å²) in [6.07, 6.45) is 4.43. The van der Waals surface area contributed by atoms with Crippen LogP contribution in [0.15, 0.2) is 65.3 Å². The van der Waals surface area contributed by atoms with E-state index >= 15 is 0 Å². The number of furan rings is 1. The molecule has 0 saturated heterocycles. The molecule has 2 heterocycles. The van der Waals surface area contributed by atoms with E-state index in [0.717, 1.165) is 5.56 Å². The van der Waals surface area contributed by atoms with Crippen LogP contribution in [0.4, 0.5) is 11.4 Å². The van der Waals surface area contributed by atoms with Gasteiger partial charge in [-0.2, -0.15) is 0 Å². The molecule has 4 rings (SSSR count). The largest absolute Gasteiger partial charge is 0.459 e. The van der Waals surface area contributed by atoms with Crippen molar-refractivity contribution in [2.45, 2.75) is 0 Å². The molecule has 0 saturated carbocycles. The van der Waals surface area contributed by atoms with Crippen molar-refractivity contribution in [3.8, 4) is 11.5 Å². The van der Waals surface area contributed by atoms with Gasteiger partial charge in [0.1, 0.15) is 0 Å². The SMILES string of the molecule is O=C(/C=C/c1ccc2c(c1)OCO2)Nc1ccc(Cl)cc1NC(=O)c1ccco1. The lowest BCUT2D eigenvalue weighted by molar-refractivity contribution is -0.111. The molecule has 0 radical (unpaired) electrons. The molecule has 1 aliphatic heterocycles. The third-order valence-electron chi connectivity index (χ3n) is 4.06. The highest BCUT2D eigenvalue weighted by molar-refractivity contribution is 6.31. The summed E-state index contributed by atoms with van der Waals surface area (Å²) in [4.78, 5) is 24.6. The van der Waals surface area contributed by atoms with Crippen LogP contribution in [0.1, 0.15) is 16.1 Å². The van der Waals surface area contributed by atoms with Crippen LogP contribution in [0.5, 0.6) is 11.5 Å². The molecular formula is C21H15ClN2O5. The summed E-state index contributed by atoms with van der Waals surface area (Å²) in [5.74, 6) is 0.616. The molecule has 7 nitrogen and oxygen atoms in total. The van der Waals surface area contributed by atoms with Gasteiger partial charge in [-0.1, -0.05) is 17.7 Å². The standard InChI is InChI=1S/C21H15ClN2O5/c22-14-5-6-15(16(11-14)24-21(26)18-2-1-9-27-18)23-20(25)8-4-13-3-7-17-19(10-13)29-12-28-17/h1-11H,12H2,(H,23,25)(H,24,26)/b8-4+. The summed E-state index contributed by atoms with van der Waals surface area (Å²) in [7, 11) is 0. The van der Waals surface area contributed by atoms with Crippen LogP contribution < -0.4 is 20.1 Å². The Labute approximate surface area is 170 Å². The molecule has 1 aliphatic rings. The molecule has 2 amide bonds. The van der Waals surface area contributed by atoms with E-state index in [0.29, 0.717) is 27.9 Å². The smallest absolute Gasteiger partial charge is 0.291 e. The zero-order valence-corrected chi connectivity index (χ0v) is 15.7. The molecule has 0 spiro atoms. The molecule has 0 unspecified atom stereocenters. The van der Waals surface area contributed by atoms with E-state index in [-0.39, 0.29) is 18.5 Å². The molecule has 3 aromatic rings. The second-order valence-corrected chi connectivity index (χ2v) is 6.49. The van der Waals surface area contributed by atoms with Gasteiger partial charge in [0.2, 0.25) is 12.7 Å². The van der Waals surface area contributed by atoms with Crippen LogP contribution in [0.2, 0.25) is 5.02 Å². The van der Waals surface area contributed by atoms with E-state index in [1.165, 1.54) is 18.4 Å². The number of ether oxygens (including phenoxy) is 2. The second-order valence-electron chi connectivity index (χ2n) is 6.06. The molecule has 29 heavy (non-hydrogen) atoms. The van der Waals surface area contributed by atoms with Crippen molar-refractivity contribution < 1.29 is 23.5 Å². The molecule has 2 aromatic carbocycles. The van der Waals surface area contributed by atoms with Crippen LogP contribution in [0, 0.1) is 0 Å². The van der Waals surface area contributed by atoms with Crippen LogP contribution in [0.25, 0.3) is 6.08 Å². The Kier molecular flexibility index (Phi) is 5.22. The Bertz CT molecular complexity index is 1090. The van der Waals surface area contributed by atoms with Crippen LogP contribution in [0.3, 0.4) is 0 Å².